The van der Waals surface area contributed by atoms with Crippen LogP contribution in [0.15, 0.2) is 24.3 Å². The summed E-state index contributed by atoms with van der Waals surface area (Å²) >= 11 is 0. The van der Waals surface area contributed by atoms with E-state index < -0.39 is 0 Å². The molecular formula is C14H23NO. The normalized spacial score (nSPS) is 11.8. The first-order valence-electron chi connectivity index (χ1n) is 5.91. The molecule has 0 aliphatic carbocycles. The summed E-state index contributed by atoms with van der Waals surface area (Å²) in [6, 6.07) is 8.08. The van der Waals surface area contributed by atoms with Crippen molar-refractivity contribution in [1.82, 2.24) is 5.32 Å². The van der Waals surface area contributed by atoms with E-state index in [-0.39, 0.29) is 6.61 Å². The Labute approximate surface area is 98.7 Å². The number of nitrogens with one attached hydrogen (secondary N) is 1. The number of aliphatic hydroxyl groups is 1. The van der Waals surface area contributed by atoms with E-state index >= 15 is 0 Å². The Balaban J connectivity index is 2.27. The van der Waals surface area contributed by atoms with Gasteiger partial charge in [0, 0.05) is 6.54 Å². The first-order valence-corrected chi connectivity index (χ1v) is 5.91. The Morgan fingerprint density at radius 1 is 1.06 bits per heavy atom. The molecule has 0 amide bonds. The zero-order valence-corrected chi connectivity index (χ0v) is 10.6. The summed E-state index contributed by atoms with van der Waals surface area (Å²) in [5.41, 5.74) is 2.64. The predicted molar refractivity (Wildman–Crippen MR) is 68.1 cm³/mol. The molecule has 2 nitrogen and oxygen atoms in total. The maximum atomic E-state index is 8.92. The van der Waals surface area contributed by atoms with E-state index in [4.69, 9.17) is 5.11 Å². The molecule has 0 atom stereocenters. The fraction of sp³-hybridized carbons (Fsp3) is 0.571. The molecule has 0 aromatic heterocycles. The lowest BCUT2D eigenvalue weighted by Crippen LogP contribution is -2.20. The fourth-order valence-corrected chi connectivity index (χ4v) is 1.46. The SMILES string of the molecule is CC(C)(C)CCNCc1ccc(CO)cc1. The summed E-state index contributed by atoms with van der Waals surface area (Å²) in [4.78, 5) is 0. The Kier molecular flexibility index (Phi) is 4.97. The van der Waals surface area contributed by atoms with Crippen LogP contribution in [0.2, 0.25) is 0 Å². The molecule has 2 heteroatoms. The molecule has 0 saturated carbocycles. The van der Waals surface area contributed by atoms with Gasteiger partial charge >= 0.3 is 0 Å². The van der Waals surface area contributed by atoms with Crippen LogP contribution in [-0.2, 0) is 13.2 Å². The lowest BCUT2D eigenvalue weighted by Gasteiger charge is -2.18. The van der Waals surface area contributed by atoms with Crippen LogP contribution < -0.4 is 5.32 Å². The minimum Gasteiger partial charge on any atom is -0.392 e. The van der Waals surface area contributed by atoms with Crippen molar-refractivity contribution in [3.05, 3.63) is 35.4 Å². The second kappa shape index (κ2) is 6.02. The largest absolute Gasteiger partial charge is 0.392 e. The van der Waals surface area contributed by atoms with E-state index in [1.54, 1.807) is 0 Å². The zero-order valence-electron chi connectivity index (χ0n) is 10.6. The average molecular weight is 221 g/mol. The van der Waals surface area contributed by atoms with Gasteiger partial charge in [-0.1, -0.05) is 45.0 Å². The Morgan fingerprint density at radius 2 is 1.62 bits per heavy atom. The van der Waals surface area contributed by atoms with E-state index in [0.29, 0.717) is 5.41 Å². The maximum Gasteiger partial charge on any atom is 0.0681 e. The van der Waals surface area contributed by atoms with Crippen LogP contribution in [0.25, 0.3) is 0 Å². The van der Waals surface area contributed by atoms with Gasteiger partial charge in [0.2, 0.25) is 0 Å². The molecule has 0 radical (unpaired) electrons. The molecule has 0 aliphatic rings. The van der Waals surface area contributed by atoms with E-state index in [1.165, 1.54) is 12.0 Å². The first-order chi connectivity index (χ1) is 7.51. The highest BCUT2D eigenvalue weighted by atomic mass is 16.3. The summed E-state index contributed by atoms with van der Waals surface area (Å²) in [5, 5.41) is 12.3. The van der Waals surface area contributed by atoms with Crippen molar-refractivity contribution < 1.29 is 5.11 Å². The van der Waals surface area contributed by atoms with Gasteiger partial charge in [-0.2, -0.15) is 0 Å². The molecule has 0 fully saturated rings. The van der Waals surface area contributed by atoms with Gasteiger partial charge in [-0.15, -0.1) is 0 Å². The van der Waals surface area contributed by atoms with Crippen LogP contribution in [0.4, 0.5) is 0 Å². The number of hydrogen-bond acceptors (Lipinski definition) is 2. The van der Waals surface area contributed by atoms with Gasteiger partial charge in [0.25, 0.3) is 0 Å². The molecule has 0 unspecified atom stereocenters. The highest BCUT2D eigenvalue weighted by Gasteiger charge is 2.08. The predicted octanol–water partition coefficient (Wildman–Crippen LogP) is 2.70. The summed E-state index contributed by atoms with van der Waals surface area (Å²) in [6.07, 6.45) is 1.18. The topological polar surface area (TPSA) is 32.3 Å². The van der Waals surface area contributed by atoms with Crippen molar-refractivity contribution in [2.75, 3.05) is 6.54 Å². The van der Waals surface area contributed by atoms with E-state index in [2.05, 4.69) is 38.2 Å². The lowest BCUT2D eigenvalue weighted by atomic mass is 9.92. The molecule has 0 heterocycles. The Morgan fingerprint density at radius 3 is 2.12 bits per heavy atom. The standard InChI is InChI=1S/C14H23NO/c1-14(2,3)8-9-15-10-12-4-6-13(11-16)7-5-12/h4-7,15-16H,8-11H2,1-3H3. The van der Waals surface area contributed by atoms with Crippen LogP contribution in [0.1, 0.15) is 38.3 Å². The first kappa shape index (κ1) is 13.2. The summed E-state index contributed by atoms with van der Waals surface area (Å²) in [6.45, 7) is 8.84. The Bertz CT molecular complexity index is 298. The minimum absolute atomic E-state index is 0.123. The van der Waals surface area contributed by atoms with Gasteiger partial charge in [0.05, 0.1) is 6.61 Å². The van der Waals surface area contributed by atoms with Crippen LogP contribution in [0, 0.1) is 5.41 Å². The second-order valence-electron chi connectivity index (χ2n) is 5.46. The molecule has 1 rings (SSSR count). The van der Waals surface area contributed by atoms with E-state index in [9.17, 15) is 0 Å². The molecule has 0 bridgehead atoms. The number of hydrogen-bond donors (Lipinski definition) is 2. The van der Waals surface area contributed by atoms with Crippen LogP contribution in [-0.4, -0.2) is 11.7 Å². The van der Waals surface area contributed by atoms with Gasteiger partial charge in [0.15, 0.2) is 0 Å². The van der Waals surface area contributed by atoms with Crippen molar-refractivity contribution in [2.24, 2.45) is 5.41 Å². The second-order valence-corrected chi connectivity index (χ2v) is 5.46. The van der Waals surface area contributed by atoms with Crippen molar-refractivity contribution in [1.29, 1.82) is 0 Å². The highest BCUT2D eigenvalue weighted by Crippen LogP contribution is 2.17. The molecule has 90 valence electrons. The van der Waals surface area contributed by atoms with Crippen molar-refractivity contribution >= 4 is 0 Å². The average Bonchev–Trinajstić information content (AvgIpc) is 2.24. The zero-order chi connectivity index (χ0) is 12.0. The fourth-order valence-electron chi connectivity index (χ4n) is 1.46. The smallest absolute Gasteiger partial charge is 0.0681 e. The summed E-state index contributed by atoms with van der Waals surface area (Å²) in [7, 11) is 0. The van der Waals surface area contributed by atoms with Gasteiger partial charge in [0.1, 0.15) is 0 Å². The van der Waals surface area contributed by atoms with Crippen molar-refractivity contribution in [2.45, 2.75) is 40.3 Å². The molecule has 1 aromatic carbocycles. The number of benzene rings is 1. The van der Waals surface area contributed by atoms with Gasteiger partial charge in [-0.25, -0.2) is 0 Å². The molecule has 1 aromatic rings. The van der Waals surface area contributed by atoms with Gasteiger partial charge in [-0.05, 0) is 29.5 Å². The third kappa shape index (κ3) is 5.29. The highest BCUT2D eigenvalue weighted by molar-refractivity contribution is 5.21. The van der Waals surface area contributed by atoms with E-state index in [0.717, 1.165) is 18.7 Å². The molecule has 0 spiro atoms. The minimum atomic E-state index is 0.123. The Hall–Kier alpha value is -0.860. The summed E-state index contributed by atoms with van der Waals surface area (Å²) in [5.74, 6) is 0. The molecule has 0 aliphatic heterocycles. The quantitative estimate of drug-likeness (QED) is 0.749. The lowest BCUT2D eigenvalue weighted by molar-refractivity contribution is 0.282. The van der Waals surface area contributed by atoms with Crippen LogP contribution in [0.3, 0.4) is 0 Å². The molecule has 16 heavy (non-hydrogen) atoms. The van der Waals surface area contributed by atoms with Gasteiger partial charge < -0.3 is 10.4 Å². The van der Waals surface area contributed by atoms with Crippen molar-refractivity contribution in [3.63, 3.8) is 0 Å². The third-order valence-electron chi connectivity index (χ3n) is 2.59. The van der Waals surface area contributed by atoms with Crippen molar-refractivity contribution in [3.8, 4) is 0 Å². The van der Waals surface area contributed by atoms with Gasteiger partial charge in [-0.3, -0.25) is 0 Å². The van der Waals surface area contributed by atoms with E-state index in [1.807, 2.05) is 12.1 Å². The maximum absolute atomic E-state index is 8.92. The van der Waals surface area contributed by atoms with Crippen LogP contribution >= 0.6 is 0 Å². The monoisotopic (exact) mass is 221 g/mol. The molecule has 2 N–H and O–H groups in total. The molecular weight excluding hydrogens is 198 g/mol. The number of aliphatic hydroxyl groups excluding tert-OH is 1. The summed E-state index contributed by atoms with van der Waals surface area (Å²) < 4.78 is 0. The number of rotatable bonds is 5. The third-order valence-corrected chi connectivity index (χ3v) is 2.59. The van der Waals surface area contributed by atoms with Crippen LogP contribution in [0.5, 0.6) is 0 Å². The molecule has 0 saturated heterocycles.